The first-order chi connectivity index (χ1) is 13.0. The maximum atomic E-state index is 14.0. The van der Waals surface area contributed by atoms with Gasteiger partial charge in [0.2, 0.25) is 0 Å². The first kappa shape index (κ1) is 19.0. The van der Waals surface area contributed by atoms with Crippen LogP contribution in [0.1, 0.15) is 64.9 Å². The van der Waals surface area contributed by atoms with Gasteiger partial charge in [0.15, 0.2) is 23.2 Å². The van der Waals surface area contributed by atoms with Crippen LogP contribution >= 0.6 is 0 Å². The minimum atomic E-state index is -0.965. The van der Waals surface area contributed by atoms with Gasteiger partial charge in [-0.3, -0.25) is 9.59 Å². The van der Waals surface area contributed by atoms with Gasteiger partial charge in [0.05, 0.1) is 0 Å². The Morgan fingerprint density at radius 3 is 1.79 bits per heavy atom. The first-order valence-corrected chi connectivity index (χ1v) is 9.72. The van der Waals surface area contributed by atoms with Crippen molar-refractivity contribution in [1.82, 2.24) is 5.32 Å². The van der Waals surface area contributed by atoms with Crippen molar-refractivity contribution in [3.8, 4) is 0 Å². The van der Waals surface area contributed by atoms with Crippen molar-refractivity contribution >= 4 is 11.6 Å². The van der Waals surface area contributed by atoms with Crippen molar-refractivity contribution in [2.45, 2.75) is 59.3 Å². The van der Waals surface area contributed by atoms with Gasteiger partial charge in [-0.05, 0) is 41.4 Å². The fourth-order valence-electron chi connectivity index (χ4n) is 4.91. The summed E-state index contributed by atoms with van der Waals surface area (Å²) in [7, 11) is 0. The van der Waals surface area contributed by atoms with Crippen LogP contribution in [0.5, 0.6) is 0 Å². The summed E-state index contributed by atoms with van der Waals surface area (Å²) in [6.07, 6.45) is 2.10. The van der Waals surface area contributed by atoms with E-state index in [4.69, 9.17) is 0 Å². The molecule has 1 aromatic rings. The molecular weight excluding hydrogens is 360 g/mol. The molecule has 0 bridgehead atoms. The van der Waals surface area contributed by atoms with E-state index in [1.54, 1.807) is 0 Å². The van der Waals surface area contributed by atoms with Gasteiger partial charge in [-0.1, -0.05) is 33.8 Å². The van der Waals surface area contributed by atoms with E-state index in [1.165, 1.54) is 6.07 Å². The summed E-state index contributed by atoms with van der Waals surface area (Å²) in [5.74, 6) is -2.59. The van der Waals surface area contributed by atoms with Crippen LogP contribution in [0.3, 0.4) is 0 Å². The van der Waals surface area contributed by atoms with Crippen LogP contribution in [0, 0.1) is 22.5 Å². The van der Waals surface area contributed by atoms with Crippen LogP contribution in [0.2, 0.25) is 0 Å². The fraction of sp³-hybridized carbons (Fsp3) is 0.478. The highest BCUT2D eigenvalue weighted by molar-refractivity contribution is 6.06. The average molecular weight is 385 g/mol. The summed E-state index contributed by atoms with van der Waals surface area (Å²) >= 11 is 0. The molecule has 5 heteroatoms. The van der Waals surface area contributed by atoms with Crippen LogP contribution in [-0.4, -0.2) is 11.6 Å². The molecule has 4 rings (SSSR count). The number of dihydropyridines is 1. The van der Waals surface area contributed by atoms with E-state index in [2.05, 4.69) is 5.32 Å². The van der Waals surface area contributed by atoms with Crippen LogP contribution in [-0.2, 0) is 9.59 Å². The normalized spacial score (nSPS) is 24.1. The zero-order valence-corrected chi connectivity index (χ0v) is 16.7. The number of ketones is 2. The van der Waals surface area contributed by atoms with Crippen molar-refractivity contribution in [3.63, 3.8) is 0 Å². The molecule has 0 saturated carbocycles. The van der Waals surface area contributed by atoms with E-state index in [-0.39, 0.29) is 22.4 Å². The number of carbonyl (C=O) groups is 2. The van der Waals surface area contributed by atoms with Crippen molar-refractivity contribution in [2.75, 3.05) is 0 Å². The average Bonchev–Trinajstić information content (AvgIpc) is 2.53. The van der Waals surface area contributed by atoms with Crippen LogP contribution < -0.4 is 5.32 Å². The Hall–Kier alpha value is -2.30. The van der Waals surface area contributed by atoms with Crippen molar-refractivity contribution in [3.05, 3.63) is 57.9 Å². The molecule has 1 N–H and O–H groups in total. The zero-order chi connectivity index (χ0) is 20.4. The molecule has 0 unspecified atom stereocenters. The lowest BCUT2D eigenvalue weighted by molar-refractivity contribution is -0.119. The highest BCUT2D eigenvalue weighted by Crippen LogP contribution is 2.50. The minimum absolute atomic E-state index is 0.0299. The Morgan fingerprint density at radius 1 is 0.821 bits per heavy atom. The van der Waals surface area contributed by atoms with E-state index in [9.17, 15) is 18.4 Å². The van der Waals surface area contributed by atoms with Crippen LogP contribution in [0.25, 0.3) is 0 Å². The molecule has 0 fully saturated rings. The first-order valence-electron chi connectivity index (χ1n) is 9.72. The summed E-state index contributed by atoms with van der Waals surface area (Å²) in [6, 6.07) is 3.69. The summed E-state index contributed by atoms with van der Waals surface area (Å²) in [6.45, 7) is 8.18. The van der Waals surface area contributed by atoms with Crippen molar-refractivity contribution in [2.24, 2.45) is 10.8 Å². The van der Waals surface area contributed by atoms with Gasteiger partial charge in [-0.2, -0.15) is 0 Å². The fourth-order valence-corrected chi connectivity index (χ4v) is 4.91. The number of allylic oxidation sites excluding steroid dienone is 4. The van der Waals surface area contributed by atoms with Gasteiger partial charge in [0.25, 0.3) is 0 Å². The van der Waals surface area contributed by atoms with Gasteiger partial charge in [0.1, 0.15) is 0 Å². The summed E-state index contributed by atoms with van der Waals surface area (Å²) < 4.78 is 27.6. The molecule has 0 saturated heterocycles. The molecule has 1 aromatic carbocycles. The second kappa shape index (κ2) is 6.10. The third-order valence-corrected chi connectivity index (χ3v) is 6.00. The highest BCUT2D eigenvalue weighted by atomic mass is 19.2. The van der Waals surface area contributed by atoms with E-state index >= 15 is 0 Å². The van der Waals surface area contributed by atoms with E-state index in [1.807, 2.05) is 27.7 Å². The maximum absolute atomic E-state index is 14.0. The third-order valence-electron chi connectivity index (χ3n) is 6.00. The lowest BCUT2D eigenvalue weighted by Crippen LogP contribution is -2.42. The number of halogens is 2. The molecule has 0 radical (unpaired) electrons. The quantitative estimate of drug-likeness (QED) is 0.745. The summed E-state index contributed by atoms with van der Waals surface area (Å²) in [5, 5.41) is 3.40. The van der Waals surface area contributed by atoms with Gasteiger partial charge >= 0.3 is 0 Å². The number of Topliss-reactive ketones (excluding diaryl/α,β-unsaturated/α-hetero) is 2. The van der Waals surface area contributed by atoms with Crippen LogP contribution in [0.4, 0.5) is 8.78 Å². The number of nitrogens with one attached hydrogen (secondary N) is 1. The van der Waals surface area contributed by atoms with E-state index in [0.717, 1.165) is 23.5 Å². The third kappa shape index (κ3) is 3.11. The number of carbonyl (C=O) groups excluding carboxylic acids is 2. The minimum Gasteiger partial charge on any atom is -0.362 e. The number of hydrogen-bond acceptors (Lipinski definition) is 3. The summed E-state index contributed by atoms with van der Waals surface area (Å²) in [5.41, 5.74) is 2.80. The highest BCUT2D eigenvalue weighted by Gasteiger charge is 2.46. The Balaban J connectivity index is 1.93. The van der Waals surface area contributed by atoms with Gasteiger partial charge in [-0.25, -0.2) is 8.78 Å². The predicted octanol–water partition coefficient (Wildman–Crippen LogP) is 4.94. The lowest BCUT2D eigenvalue weighted by atomic mass is 9.64. The SMILES string of the molecule is CC1(C)CC(=O)C2=C(C1)NC1=C(C(=O)CC(C)(C)C1)C2c1ccc(F)c(F)c1. The Kier molecular flexibility index (Phi) is 4.15. The Morgan fingerprint density at radius 2 is 1.32 bits per heavy atom. The van der Waals surface area contributed by atoms with Gasteiger partial charge in [-0.15, -0.1) is 0 Å². The molecule has 0 amide bonds. The second-order valence-electron chi connectivity index (χ2n) is 9.90. The zero-order valence-electron chi connectivity index (χ0n) is 16.7. The largest absolute Gasteiger partial charge is 0.362 e. The monoisotopic (exact) mass is 385 g/mol. The van der Waals surface area contributed by atoms with Gasteiger partial charge < -0.3 is 5.32 Å². The van der Waals surface area contributed by atoms with Crippen molar-refractivity contribution < 1.29 is 18.4 Å². The molecule has 0 aromatic heterocycles. The van der Waals surface area contributed by atoms with Crippen molar-refractivity contribution in [1.29, 1.82) is 0 Å². The number of hydrogen-bond donors (Lipinski definition) is 1. The molecule has 3 nitrogen and oxygen atoms in total. The van der Waals surface area contributed by atoms with Crippen LogP contribution in [0.15, 0.2) is 40.7 Å². The standard InChI is InChI=1S/C23H25F2NO2/c1-22(2)8-15-20(17(27)10-22)19(12-5-6-13(24)14(25)7-12)21-16(26-15)9-23(3,4)11-18(21)28/h5-7,19,26H,8-11H2,1-4H3. The molecule has 0 atom stereocenters. The molecule has 1 heterocycles. The Bertz CT molecular complexity index is 917. The molecule has 28 heavy (non-hydrogen) atoms. The van der Waals surface area contributed by atoms with E-state index in [0.29, 0.717) is 42.4 Å². The maximum Gasteiger partial charge on any atom is 0.162 e. The molecule has 2 aliphatic carbocycles. The lowest BCUT2D eigenvalue weighted by Gasteiger charge is -2.44. The molecule has 148 valence electrons. The topological polar surface area (TPSA) is 46.2 Å². The second-order valence-corrected chi connectivity index (χ2v) is 9.90. The number of rotatable bonds is 1. The smallest absolute Gasteiger partial charge is 0.162 e. The molecular formula is C23H25F2NO2. The molecule has 0 spiro atoms. The Labute approximate surface area is 163 Å². The van der Waals surface area contributed by atoms with E-state index < -0.39 is 17.6 Å². The molecule has 3 aliphatic rings. The predicted molar refractivity (Wildman–Crippen MR) is 102 cm³/mol. The summed E-state index contributed by atoms with van der Waals surface area (Å²) in [4.78, 5) is 26.2. The van der Waals surface area contributed by atoms with Gasteiger partial charge in [0, 0.05) is 41.3 Å². The molecule has 1 aliphatic heterocycles. The number of benzene rings is 1.